The molecule has 0 spiro atoms. The number of amides is 2. The van der Waals surface area contributed by atoms with E-state index in [1.807, 2.05) is 31.2 Å². The maximum absolute atomic E-state index is 13.0. The summed E-state index contributed by atoms with van der Waals surface area (Å²) in [5, 5.41) is 12.7. The van der Waals surface area contributed by atoms with Gasteiger partial charge in [0.2, 0.25) is 5.91 Å². The smallest absolute Gasteiger partial charge is 0.404 e. The molecule has 0 aromatic heterocycles. The molecule has 3 atom stereocenters. The van der Waals surface area contributed by atoms with Crippen LogP contribution in [0, 0.1) is 0 Å². The van der Waals surface area contributed by atoms with Crippen LogP contribution in [0.1, 0.15) is 43.0 Å². The van der Waals surface area contributed by atoms with Crippen LogP contribution in [0.15, 0.2) is 48.5 Å². The second kappa shape index (κ2) is 10.2. The standard InChI is InChI=1S/C22H24Cl2N2O4/c1-2-3-18(12-25-22(28)29)26-19(27)13-30-21(15-6-10-17(24)11-7-15)20(26)14-4-8-16(23)9-5-14/h4-11,18,20-21,25H,2-3,12-13H2,1H3,(H,28,29)/t18-,20+,21-/m0/s1. The third kappa shape index (κ3) is 5.25. The Kier molecular flexibility index (Phi) is 7.58. The number of benzene rings is 2. The molecule has 0 aliphatic carbocycles. The summed E-state index contributed by atoms with van der Waals surface area (Å²) in [6.45, 7) is 2.07. The van der Waals surface area contributed by atoms with Crippen LogP contribution in [0.3, 0.4) is 0 Å². The molecule has 2 aromatic rings. The summed E-state index contributed by atoms with van der Waals surface area (Å²) in [4.78, 5) is 25.9. The van der Waals surface area contributed by atoms with E-state index >= 15 is 0 Å². The Morgan fingerprint density at radius 3 is 2.23 bits per heavy atom. The monoisotopic (exact) mass is 450 g/mol. The van der Waals surface area contributed by atoms with E-state index in [2.05, 4.69) is 5.32 Å². The largest absolute Gasteiger partial charge is 0.465 e. The van der Waals surface area contributed by atoms with Crippen LogP contribution in [0.4, 0.5) is 4.79 Å². The Hall–Kier alpha value is -2.28. The summed E-state index contributed by atoms with van der Waals surface area (Å²) in [6, 6.07) is 13.9. The summed E-state index contributed by atoms with van der Waals surface area (Å²) < 4.78 is 5.99. The van der Waals surface area contributed by atoms with E-state index in [0.29, 0.717) is 16.5 Å². The number of carbonyl (C=O) groups is 2. The lowest BCUT2D eigenvalue weighted by atomic mass is 9.90. The highest BCUT2D eigenvalue weighted by Crippen LogP contribution is 2.42. The van der Waals surface area contributed by atoms with Crippen molar-refractivity contribution in [2.45, 2.75) is 38.0 Å². The molecular formula is C22H24Cl2N2O4. The Labute approximate surface area is 185 Å². The zero-order valence-corrected chi connectivity index (χ0v) is 18.1. The number of hydrogen-bond acceptors (Lipinski definition) is 3. The van der Waals surface area contributed by atoms with E-state index in [1.54, 1.807) is 29.2 Å². The van der Waals surface area contributed by atoms with Crippen molar-refractivity contribution in [3.05, 3.63) is 69.7 Å². The predicted molar refractivity (Wildman–Crippen MR) is 116 cm³/mol. The van der Waals surface area contributed by atoms with Crippen LogP contribution < -0.4 is 5.32 Å². The summed E-state index contributed by atoms with van der Waals surface area (Å²) >= 11 is 12.1. The first-order valence-electron chi connectivity index (χ1n) is 9.81. The minimum Gasteiger partial charge on any atom is -0.465 e. The fraction of sp³-hybridized carbons (Fsp3) is 0.364. The van der Waals surface area contributed by atoms with Gasteiger partial charge < -0.3 is 20.1 Å². The van der Waals surface area contributed by atoms with Crippen LogP contribution in [-0.2, 0) is 9.53 Å². The number of halogens is 2. The molecule has 0 unspecified atom stereocenters. The lowest BCUT2D eigenvalue weighted by Crippen LogP contribution is -2.54. The molecule has 1 saturated heterocycles. The lowest BCUT2D eigenvalue weighted by molar-refractivity contribution is -0.163. The van der Waals surface area contributed by atoms with Gasteiger partial charge in [0.15, 0.2) is 0 Å². The number of carboxylic acid groups (broad SMARTS) is 1. The van der Waals surface area contributed by atoms with Crippen molar-refractivity contribution in [2.75, 3.05) is 13.2 Å². The van der Waals surface area contributed by atoms with Crippen molar-refractivity contribution in [3.63, 3.8) is 0 Å². The molecule has 0 radical (unpaired) electrons. The molecule has 2 N–H and O–H groups in total. The molecule has 0 bridgehead atoms. The van der Waals surface area contributed by atoms with E-state index in [4.69, 9.17) is 33.0 Å². The van der Waals surface area contributed by atoms with Crippen LogP contribution >= 0.6 is 23.2 Å². The minimum atomic E-state index is -1.12. The first kappa shape index (κ1) is 22.4. The average Bonchev–Trinajstić information content (AvgIpc) is 2.72. The van der Waals surface area contributed by atoms with Crippen molar-refractivity contribution >= 4 is 35.2 Å². The Bertz CT molecular complexity index is 874. The third-order valence-electron chi connectivity index (χ3n) is 5.18. The Morgan fingerprint density at radius 2 is 1.70 bits per heavy atom. The summed E-state index contributed by atoms with van der Waals surface area (Å²) in [7, 11) is 0. The lowest BCUT2D eigenvalue weighted by Gasteiger charge is -2.45. The van der Waals surface area contributed by atoms with Gasteiger partial charge in [-0.2, -0.15) is 0 Å². The van der Waals surface area contributed by atoms with Crippen molar-refractivity contribution in [1.82, 2.24) is 10.2 Å². The highest BCUT2D eigenvalue weighted by molar-refractivity contribution is 6.30. The molecule has 8 heteroatoms. The van der Waals surface area contributed by atoms with E-state index < -0.39 is 18.2 Å². The van der Waals surface area contributed by atoms with Crippen LogP contribution in [0.5, 0.6) is 0 Å². The molecular weight excluding hydrogens is 427 g/mol. The molecule has 3 rings (SSSR count). The van der Waals surface area contributed by atoms with Crippen LogP contribution in [-0.4, -0.2) is 41.2 Å². The van der Waals surface area contributed by atoms with Gasteiger partial charge in [-0.1, -0.05) is 60.8 Å². The maximum atomic E-state index is 13.0. The molecule has 1 aliphatic heterocycles. The fourth-order valence-corrected chi connectivity index (χ4v) is 4.11. The van der Waals surface area contributed by atoms with Gasteiger partial charge >= 0.3 is 6.09 Å². The number of carbonyl (C=O) groups excluding carboxylic acids is 1. The summed E-state index contributed by atoms with van der Waals surface area (Å²) in [5.41, 5.74) is 1.75. The molecule has 0 saturated carbocycles. The SMILES string of the molecule is CCC[C@@H](CNC(=O)O)N1C(=O)CO[C@@H](c2ccc(Cl)cc2)[C@H]1c1ccc(Cl)cc1. The number of nitrogens with zero attached hydrogens (tertiary/aromatic N) is 1. The van der Waals surface area contributed by atoms with E-state index in [-0.39, 0.29) is 25.1 Å². The van der Waals surface area contributed by atoms with Gasteiger partial charge in [0.25, 0.3) is 0 Å². The summed E-state index contributed by atoms with van der Waals surface area (Å²) in [5.74, 6) is -0.175. The zero-order valence-electron chi connectivity index (χ0n) is 16.6. The first-order valence-corrected chi connectivity index (χ1v) is 10.6. The quantitative estimate of drug-likeness (QED) is 0.616. The highest BCUT2D eigenvalue weighted by Gasteiger charge is 2.41. The number of rotatable bonds is 7. The molecule has 1 aliphatic rings. The first-order chi connectivity index (χ1) is 14.4. The van der Waals surface area contributed by atoms with Gasteiger partial charge in [0.05, 0.1) is 6.04 Å². The Balaban J connectivity index is 2.05. The van der Waals surface area contributed by atoms with Gasteiger partial charge in [-0.15, -0.1) is 0 Å². The van der Waals surface area contributed by atoms with Crippen molar-refractivity contribution in [1.29, 1.82) is 0 Å². The molecule has 2 amide bonds. The molecule has 2 aromatic carbocycles. The maximum Gasteiger partial charge on any atom is 0.404 e. The fourth-order valence-electron chi connectivity index (χ4n) is 3.86. The highest BCUT2D eigenvalue weighted by atomic mass is 35.5. The third-order valence-corrected chi connectivity index (χ3v) is 5.68. The van der Waals surface area contributed by atoms with E-state index in [0.717, 1.165) is 17.5 Å². The minimum absolute atomic E-state index is 0.0787. The van der Waals surface area contributed by atoms with Gasteiger partial charge in [0, 0.05) is 22.6 Å². The topological polar surface area (TPSA) is 78.9 Å². The number of ether oxygens (including phenoxy) is 1. The number of nitrogens with one attached hydrogen (secondary N) is 1. The van der Waals surface area contributed by atoms with Crippen LogP contribution in [0.2, 0.25) is 10.0 Å². The second-order valence-corrected chi connectivity index (χ2v) is 8.08. The van der Waals surface area contributed by atoms with Crippen LogP contribution in [0.25, 0.3) is 0 Å². The second-order valence-electron chi connectivity index (χ2n) is 7.21. The van der Waals surface area contributed by atoms with Gasteiger partial charge in [0.1, 0.15) is 12.7 Å². The average molecular weight is 451 g/mol. The van der Waals surface area contributed by atoms with Crippen molar-refractivity contribution in [2.24, 2.45) is 0 Å². The number of hydrogen-bond donors (Lipinski definition) is 2. The molecule has 30 heavy (non-hydrogen) atoms. The summed E-state index contributed by atoms with van der Waals surface area (Å²) in [6.07, 6.45) is -0.0849. The zero-order chi connectivity index (χ0) is 21.7. The molecule has 1 heterocycles. The van der Waals surface area contributed by atoms with Crippen molar-refractivity contribution in [3.8, 4) is 0 Å². The number of morpholine rings is 1. The Morgan fingerprint density at radius 1 is 1.13 bits per heavy atom. The van der Waals surface area contributed by atoms with E-state index in [9.17, 15) is 9.59 Å². The van der Waals surface area contributed by atoms with Crippen molar-refractivity contribution < 1.29 is 19.4 Å². The van der Waals surface area contributed by atoms with Gasteiger partial charge in [-0.05, 0) is 41.8 Å². The predicted octanol–water partition coefficient (Wildman–Crippen LogP) is 5.07. The molecule has 6 nitrogen and oxygen atoms in total. The molecule has 160 valence electrons. The normalized spacial score (nSPS) is 20.1. The van der Waals surface area contributed by atoms with Gasteiger partial charge in [-0.25, -0.2) is 4.79 Å². The molecule has 1 fully saturated rings. The van der Waals surface area contributed by atoms with E-state index in [1.165, 1.54) is 0 Å². The van der Waals surface area contributed by atoms with Gasteiger partial charge in [-0.3, -0.25) is 4.79 Å².